The largest absolute Gasteiger partial charge is 0.495 e. The molecule has 0 spiro atoms. The van der Waals surface area contributed by atoms with Crippen molar-refractivity contribution in [2.75, 3.05) is 12.4 Å². The van der Waals surface area contributed by atoms with E-state index >= 15 is 0 Å². The van der Waals surface area contributed by atoms with Crippen LogP contribution in [0.25, 0.3) is 0 Å². The monoisotopic (exact) mass is 302 g/mol. The van der Waals surface area contributed by atoms with Gasteiger partial charge in [-0.15, -0.1) is 0 Å². The Labute approximate surface area is 129 Å². The number of carbonyl (C=O) groups is 1. The molecular formula is C17H19FN2O2. The molecule has 0 aliphatic rings. The summed E-state index contributed by atoms with van der Waals surface area (Å²) in [7, 11) is 1.55. The molecule has 2 rings (SSSR count). The van der Waals surface area contributed by atoms with Crippen molar-refractivity contribution in [1.82, 2.24) is 5.32 Å². The van der Waals surface area contributed by atoms with Gasteiger partial charge in [-0.05, 0) is 25.1 Å². The molecule has 0 fully saturated rings. The predicted octanol–water partition coefficient (Wildman–Crippen LogP) is 2.95. The van der Waals surface area contributed by atoms with Crippen molar-refractivity contribution in [3.63, 3.8) is 0 Å². The van der Waals surface area contributed by atoms with E-state index in [0.717, 1.165) is 0 Å². The molecule has 2 aromatic rings. The summed E-state index contributed by atoms with van der Waals surface area (Å²) >= 11 is 0. The van der Waals surface area contributed by atoms with Gasteiger partial charge in [-0.25, -0.2) is 4.39 Å². The minimum atomic E-state index is -0.468. The van der Waals surface area contributed by atoms with Gasteiger partial charge in [0.25, 0.3) is 0 Å². The summed E-state index contributed by atoms with van der Waals surface area (Å²) in [6.45, 7) is 2.01. The maximum atomic E-state index is 13.5. The van der Waals surface area contributed by atoms with E-state index in [4.69, 9.17) is 4.74 Å². The molecule has 116 valence electrons. The Morgan fingerprint density at radius 2 is 1.86 bits per heavy atom. The third-order valence-corrected chi connectivity index (χ3v) is 3.31. The molecule has 0 aliphatic carbocycles. The lowest BCUT2D eigenvalue weighted by atomic mass is 10.2. The number of carbonyl (C=O) groups excluding carboxylic acids is 1. The maximum Gasteiger partial charge on any atom is 0.241 e. The first kappa shape index (κ1) is 16.0. The number of nitrogens with one attached hydrogen (secondary N) is 2. The summed E-state index contributed by atoms with van der Waals surface area (Å²) in [6, 6.07) is 13.2. The van der Waals surface area contributed by atoms with Crippen LogP contribution < -0.4 is 15.4 Å². The summed E-state index contributed by atoms with van der Waals surface area (Å²) in [5.74, 6) is 0.102. The molecule has 1 amide bonds. The van der Waals surface area contributed by atoms with Gasteiger partial charge in [0, 0.05) is 12.1 Å². The SMILES string of the molecule is COc1ccccc1NC(=O)[C@@H](C)NCc1ccccc1F. The molecule has 0 bridgehead atoms. The van der Waals surface area contributed by atoms with Crippen molar-refractivity contribution in [3.05, 3.63) is 59.9 Å². The van der Waals surface area contributed by atoms with Gasteiger partial charge in [0.05, 0.1) is 18.8 Å². The van der Waals surface area contributed by atoms with E-state index in [1.54, 1.807) is 44.4 Å². The number of para-hydroxylation sites is 2. The van der Waals surface area contributed by atoms with Crippen LogP contribution in [0.1, 0.15) is 12.5 Å². The van der Waals surface area contributed by atoms with Gasteiger partial charge in [-0.3, -0.25) is 4.79 Å². The Kier molecular flexibility index (Phi) is 5.49. The smallest absolute Gasteiger partial charge is 0.241 e. The molecule has 2 aromatic carbocycles. The fourth-order valence-electron chi connectivity index (χ4n) is 1.99. The van der Waals surface area contributed by atoms with Gasteiger partial charge in [0.15, 0.2) is 0 Å². The zero-order valence-corrected chi connectivity index (χ0v) is 12.6. The summed E-state index contributed by atoms with van der Waals surface area (Å²) in [5.41, 5.74) is 1.13. The van der Waals surface area contributed by atoms with Gasteiger partial charge in [-0.2, -0.15) is 0 Å². The number of hydrogen-bond donors (Lipinski definition) is 2. The van der Waals surface area contributed by atoms with E-state index in [1.165, 1.54) is 6.07 Å². The second kappa shape index (κ2) is 7.56. The molecule has 0 radical (unpaired) electrons. The fourth-order valence-corrected chi connectivity index (χ4v) is 1.99. The van der Waals surface area contributed by atoms with Gasteiger partial charge < -0.3 is 15.4 Å². The first-order valence-electron chi connectivity index (χ1n) is 7.02. The Bertz CT molecular complexity index is 646. The third-order valence-electron chi connectivity index (χ3n) is 3.31. The van der Waals surface area contributed by atoms with Gasteiger partial charge >= 0.3 is 0 Å². The number of rotatable bonds is 6. The summed E-state index contributed by atoms with van der Waals surface area (Å²) in [5, 5.41) is 5.80. The maximum absolute atomic E-state index is 13.5. The van der Waals surface area contributed by atoms with Gasteiger partial charge in [-0.1, -0.05) is 30.3 Å². The lowest BCUT2D eigenvalue weighted by Gasteiger charge is -2.16. The van der Waals surface area contributed by atoms with E-state index in [-0.39, 0.29) is 18.3 Å². The van der Waals surface area contributed by atoms with Crippen LogP contribution in [0.5, 0.6) is 5.75 Å². The highest BCUT2D eigenvalue weighted by Crippen LogP contribution is 2.23. The number of ether oxygens (including phenoxy) is 1. The summed E-state index contributed by atoms with van der Waals surface area (Å²) < 4.78 is 18.7. The fraction of sp³-hybridized carbons (Fsp3) is 0.235. The van der Waals surface area contributed by atoms with Crippen molar-refractivity contribution in [3.8, 4) is 5.75 Å². The van der Waals surface area contributed by atoms with Crippen molar-refractivity contribution in [2.24, 2.45) is 0 Å². The van der Waals surface area contributed by atoms with Crippen LogP contribution in [0.15, 0.2) is 48.5 Å². The van der Waals surface area contributed by atoms with E-state index < -0.39 is 6.04 Å². The van der Waals surface area contributed by atoms with Crippen LogP contribution in [-0.4, -0.2) is 19.1 Å². The average molecular weight is 302 g/mol. The molecule has 0 aromatic heterocycles. The number of halogens is 1. The molecule has 0 saturated heterocycles. The zero-order chi connectivity index (χ0) is 15.9. The molecule has 4 nitrogen and oxygen atoms in total. The molecule has 2 N–H and O–H groups in total. The number of hydrogen-bond acceptors (Lipinski definition) is 3. The Balaban J connectivity index is 1.94. The molecule has 1 atom stereocenters. The highest BCUT2D eigenvalue weighted by molar-refractivity contribution is 5.95. The van der Waals surface area contributed by atoms with Crippen molar-refractivity contribution < 1.29 is 13.9 Å². The molecule has 0 saturated carbocycles. The van der Waals surface area contributed by atoms with Crippen LogP contribution in [-0.2, 0) is 11.3 Å². The van der Waals surface area contributed by atoms with Crippen LogP contribution in [0.3, 0.4) is 0 Å². The first-order valence-corrected chi connectivity index (χ1v) is 7.02. The van der Waals surface area contributed by atoms with Crippen LogP contribution >= 0.6 is 0 Å². The zero-order valence-electron chi connectivity index (χ0n) is 12.6. The van der Waals surface area contributed by atoms with Crippen LogP contribution in [0.4, 0.5) is 10.1 Å². The number of amides is 1. The lowest BCUT2D eigenvalue weighted by Crippen LogP contribution is -2.37. The second-order valence-corrected chi connectivity index (χ2v) is 4.88. The minimum absolute atomic E-state index is 0.208. The average Bonchev–Trinajstić information content (AvgIpc) is 2.54. The lowest BCUT2D eigenvalue weighted by molar-refractivity contribution is -0.117. The van der Waals surface area contributed by atoms with Crippen molar-refractivity contribution in [2.45, 2.75) is 19.5 Å². The highest BCUT2D eigenvalue weighted by atomic mass is 19.1. The van der Waals surface area contributed by atoms with Crippen LogP contribution in [0, 0.1) is 5.82 Å². The first-order chi connectivity index (χ1) is 10.6. The molecule has 5 heteroatoms. The number of benzene rings is 2. The van der Waals surface area contributed by atoms with E-state index in [0.29, 0.717) is 17.0 Å². The standard InChI is InChI=1S/C17H19FN2O2/c1-12(19-11-13-7-3-4-8-14(13)18)17(21)20-15-9-5-6-10-16(15)22-2/h3-10,12,19H,11H2,1-2H3,(H,20,21)/t12-/m1/s1. The van der Waals surface area contributed by atoms with Crippen LogP contribution in [0.2, 0.25) is 0 Å². The second-order valence-electron chi connectivity index (χ2n) is 4.88. The Morgan fingerprint density at radius 3 is 2.59 bits per heavy atom. The molecule has 0 aliphatic heterocycles. The topological polar surface area (TPSA) is 50.4 Å². The van der Waals surface area contributed by atoms with E-state index in [1.807, 2.05) is 12.1 Å². The molecule has 0 unspecified atom stereocenters. The number of anilines is 1. The summed E-state index contributed by atoms with van der Waals surface area (Å²) in [4.78, 5) is 12.2. The van der Waals surface area contributed by atoms with Crippen molar-refractivity contribution >= 4 is 11.6 Å². The van der Waals surface area contributed by atoms with E-state index in [9.17, 15) is 9.18 Å². The quantitative estimate of drug-likeness (QED) is 0.862. The molecule has 22 heavy (non-hydrogen) atoms. The van der Waals surface area contributed by atoms with Crippen molar-refractivity contribution in [1.29, 1.82) is 0 Å². The van der Waals surface area contributed by atoms with E-state index in [2.05, 4.69) is 10.6 Å². The minimum Gasteiger partial charge on any atom is -0.495 e. The summed E-state index contributed by atoms with van der Waals surface area (Å²) in [6.07, 6.45) is 0. The third kappa shape index (κ3) is 4.05. The van der Waals surface area contributed by atoms with Gasteiger partial charge in [0.1, 0.15) is 11.6 Å². The Morgan fingerprint density at radius 1 is 1.18 bits per heavy atom. The van der Waals surface area contributed by atoms with Gasteiger partial charge in [0.2, 0.25) is 5.91 Å². The highest BCUT2D eigenvalue weighted by Gasteiger charge is 2.14. The normalized spacial score (nSPS) is 11.8. The molecular weight excluding hydrogens is 283 g/mol. The number of methoxy groups -OCH3 is 1. The predicted molar refractivity (Wildman–Crippen MR) is 84.3 cm³/mol. The Hall–Kier alpha value is -2.40. The molecule has 0 heterocycles.